The molecule has 3 aromatic rings. The molecule has 31 heavy (non-hydrogen) atoms. The molecule has 0 radical (unpaired) electrons. The fourth-order valence-electron chi connectivity index (χ4n) is 3.68. The van der Waals surface area contributed by atoms with E-state index < -0.39 is 29.2 Å². The third kappa shape index (κ3) is 4.42. The lowest BCUT2D eigenvalue weighted by atomic mass is 10.1. The number of furan rings is 1. The maximum Gasteiger partial charge on any atom is 0.286 e. The maximum atomic E-state index is 14.1. The Morgan fingerprint density at radius 3 is 2.58 bits per heavy atom. The van der Waals surface area contributed by atoms with Crippen LogP contribution in [0.3, 0.4) is 0 Å². The SMILES string of the molecule is CN1CCN(Cc2cccc(C(=O)Nc3c(C(N)=O)oc4c(F)cc(F)cc34)c2)CC1. The molecule has 0 atom stereocenters. The first-order valence-corrected chi connectivity index (χ1v) is 9.84. The molecule has 2 aromatic carbocycles. The number of nitrogens with one attached hydrogen (secondary N) is 1. The summed E-state index contributed by atoms with van der Waals surface area (Å²) in [5.41, 5.74) is 6.10. The number of rotatable bonds is 5. The van der Waals surface area contributed by atoms with E-state index in [0.717, 1.165) is 37.8 Å². The number of carbonyl (C=O) groups excluding carboxylic acids is 2. The van der Waals surface area contributed by atoms with Crippen LogP contribution in [0.25, 0.3) is 11.0 Å². The van der Waals surface area contributed by atoms with E-state index in [1.54, 1.807) is 18.2 Å². The van der Waals surface area contributed by atoms with Crippen LogP contribution in [0.2, 0.25) is 0 Å². The van der Waals surface area contributed by atoms with E-state index >= 15 is 0 Å². The van der Waals surface area contributed by atoms with Crippen LogP contribution in [0.4, 0.5) is 14.5 Å². The number of piperazine rings is 1. The second-order valence-corrected chi connectivity index (χ2v) is 7.67. The van der Waals surface area contributed by atoms with Crippen molar-refractivity contribution in [1.82, 2.24) is 9.80 Å². The fourth-order valence-corrected chi connectivity index (χ4v) is 3.68. The lowest BCUT2D eigenvalue weighted by molar-refractivity contribution is 0.0977. The molecular weight excluding hydrogens is 406 g/mol. The zero-order chi connectivity index (χ0) is 22.1. The van der Waals surface area contributed by atoms with Gasteiger partial charge < -0.3 is 20.4 Å². The monoisotopic (exact) mass is 428 g/mol. The minimum Gasteiger partial charge on any atom is -0.446 e. The summed E-state index contributed by atoms with van der Waals surface area (Å²) in [6, 6.07) is 8.68. The van der Waals surface area contributed by atoms with Gasteiger partial charge in [0.15, 0.2) is 11.4 Å². The van der Waals surface area contributed by atoms with E-state index in [1.165, 1.54) is 0 Å². The predicted molar refractivity (Wildman–Crippen MR) is 112 cm³/mol. The van der Waals surface area contributed by atoms with Crippen molar-refractivity contribution in [3.8, 4) is 0 Å². The molecule has 2 amide bonds. The van der Waals surface area contributed by atoms with E-state index in [-0.39, 0.29) is 16.7 Å². The molecule has 7 nitrogen and oxygen atoms in total. The van der Waals surface area contributed by atoms with Gasteiger partial charge in [-0.15, -0.1) is 0 Å². The number of primary amides is 1. The first kappa shape index (κ1) is 21.0. The topological polar surface area (TPSA) is 91.8 Å². The summed E-state index contributed by atoms with van der Waals surface area (Å²) >= 11 is 0. The van der Waals surface area contributed by atoms with Gasteiger partial charge in [0.05, 0.1) is 5.39 Å². The first-order valence-electron chi connectivity index (χ1n) is 9.84. The summed E-state index contributed by atoms with van der Waals surface area (Å²) < 4.78 is 33.0. The Kier molecular flexibility index (Phi) is 5.71. The third-order valence-electron chi connectivity index (χ3n) is 5.36. The van der Waals surface area contributed by atoms with Crippen LogP contribution in [-0.4, -0.2) is 54.8 Å². The number of hydrogen-bond acceptors (Lipinski definition) is 5. The highest BCUT2D eigenvalue weighted by Gasteiger charge is 2.24. The summed E-state index contributed by atoms with van der Waals surface area (Å²) in [5, 5.41) is 2.46. The molecule has 0 bridgehead atoms. The Bertz CT molecular complexity index is 1150. The van der Waals surface area contributed by atoms with E-state index in [4.69, 9.17) is 10.2 Å². The van der Waals surface area contributed by atoms with E-state index in [2.05, 4.69) is 22.2 Å². The van der Waals surface area contributed by atoms with Gasteiger partial charge in [0.1, 0.15) is 11.5 Å². The van der Waals surface area contributed by atoms with Crippen LogP contribution in [-0.2, 0) is 6.54 Å². The van der Waals surface area contributed by atoms with Crippen molar-refractivity contribution in [3.63, 3.8) is 0 Å². The molecule has 9 heteroatoms. The third-order valence-corrected chi connectivity index (χ3v) is 5.36. The molecule has 3 N–H and O–H groups in total. The van der Waals surface area contributed by atoms with Crippen molar-refractivity contribution in [2.75, 3.05) is 38.5 Å². The van der Waals surface area contributed by atoms with Gasteiger partial charge in [0, 0.05) is 44.4 Å². The molecule has 1 saturated heterocycles. The number of halogens is 2. The summed E-state index contributed by atoms with van der Waals surface area (Å²) in [5.74, 6) is -3.86. The van der Waals surface area contributed by atoms with Gasteiger partial charge in [-0.05, 0) is 30.8 Å². The van der Waals surface area contributed by atoms with Crippen LogP contribution >= 0.6 is 0 Å². The smallest absolute Gasteiger partial charge is 0.286 e. The number of carbonyl (C=O) groups is 2. The lowest BCUT2D eigenvalue weighted by Crippen LogP contribution is -2.43. The minimum absolute atomic E-state index is 0.0757. The number of anilines is 1. The highest BCUT2D eigenvalue weighted by molar-refractivity contribution is 6.14. The van der Waals surface area contributed by atoms with Gasteiger partial charge >= 0.3 is 0 Å². The van der Waals surface area contributed by atoms with Gasteiger partial charge in [-0.1, -0.05) is 12.1 Å². The average Bonchev–Trinajstić information content (AvgIpc) is 3.09. The normalized spacial score (nSPS) is 15.3. The second kappa shape index (κ2) is 8.44. The van der Waals surface area contributed by atoms with Crippen molar-refractivity contribution in [2.24, 2.45) is 5.73 Å². The number of nitrogens with zero attached hydrogens (tertiary/aromatic N) is 2. The second-order valence-electron chi connectivity index (χ2n) is 7.67. The number of benzene rings is 2. The number of fused-ring (bicyclic) bond motifs is 1. The molecular formula is C22H22F2N4O3. The van der Waals surface area contributed by atoms with E-state index in [1.807, 2.05) is 6.07 Å². The quantitative estimate of drug-likeness (QED) is 0.652. The predicted octanol–water partition coefficient (Wildman–Crippen LogP) is 2.81. The van der Waals surface area contributed by atoms with Crippen LogP contribution in [0.1, 0.15) is 26.5 Å². The summed E-state index contributed by atoms with van der Waals surface area (Å²) in [4.78, 5) is 29.2. The Hall–Kier alpha value is -3.30. The maximum absolute atomic E-state index is 14.1. The molecule has 2 heterocycles. The van der Waals surface area contributed by atoms with Gasteiger partial charge in [0.25, 0.3) is 11.8 Å². The van der Waals surface area contributed by atoms with Crippen molar-refractivity contribution in [1.29, 1.82) is 0 Å². The Labute approximate surface area is 177 Å². The largest absolute Gasteiger partial charge is 0.446 e. The molecule has 0 saturated carbocycles. The van der Waals surface area contributed by atoms with Gasteiger partial charge in [-0.2, -0.15) is 0 Å². The summed E-state index contributed by atoms with van der Waals surface area (Å²) in [7, 11) is 2.08. The molecule has 1 aliphatic heterocycles. The van der Waals surface area contributed by atoms with Crippen LogP contribution in [0, 0.1) is 11.6 Å². The van der Waals surface area contributed by atoms with Crippen molar-refractivity contribution in [2.45, 2.75) is 6.54 Å². The average molecular weight is 428 g/mol. The minimum atomic E-state index is -1.00. The molecule has 4 rings (SSSR count). The standard InChI is InChI=1S/C22H22F2N4O3/c1-27-5-7-28(8-6-27)12-13-3-2-4-14(9-13)22(30)26-18-16-10-15(23)11-17(24)19(16)31-20(18)21(25)29/h2-4,9-11H,5-8,12H2,1H3,(H2,25,29)(H,26,30). The number of hydrogen-bond donors (Lipinski definition) is 2. The number of amides is 2. The highest BCUT2D eigenvalue weighted by atomic mass is 19.1. The van der Waals surface area contributed by atoms with Crippen LogP contribution < -0.4 is 11.1 Å². The van der Waals surface area contributed by atoms with Gasteiger partial charge in [-0.25, -0.2) is 8.78 Å². The number of likely N-dealkylation sites (N-methyl/N-ethyl adjacent to an activating group) is 1. The first-order chi connectivity index (χ1) is 14.8. The molecule has 1 aliphatic rings. The zero-order valence-corrected chi connectivity index (χ0v) is 17.0. The van der Waals surface area contributed by atoms with Crippen molar-refractivity contribution < 1.29 is 22.8 Å². The van der Waals surface area contributed by atoms with Crippen LogP contribution in [0.5, 0.6) is 0 Å². The summed E-state index contributed by atoms with van der Waals surface area (Å²) in [6.07, 6.45) is 0. The molecule has 1 fully saturated rings. The Morgan fingerprint density at radius 2 is 1.87 bits per heavy atom. The van der Waals surface area contributed by atoms with Gasteiger partial charge in [-0.3, -0.25) is 14.5 Å². The van der Waals surface area contributed by atoms with E-state index in [0.29, 0.717) is 18.2 Å². The Morgan fingerprint density at radius 1 is 1.13 bits per heavy atom. The molecule has 0 aliphatic carbocycles. The fraction of sp³-hybridized carbons (Fsp3) is 0.273. The molecule has 1 aromatic heterocycles. The number of nitrogens with two attached hydrogens (primary N) is 1. The highest BCUT2D eigenvalue weighted by Crippen LogP contribution is 2.33. The molecule has 0 unspecified atom stereocenters. The van der Waals surface area contributed by atoms with Crippen LogP contribution in [0.15, 0.2) is 40.8 Å². The molecule has 162 valence electrons. The van der Waals surface area contributed by atoms with Crippen molar-refractivity contribution >= 4 is 28.5 Å². The zero-order valence-electron chi connectivity index (χ0n) is 17.0. The van der Waals surface area contributed by atoms with E-state index in [9.17, 15) is 18.4 Å². The van der Waals surface area contributed by atoms with Gasteiger partial charge in [0.2, 0.25) is 5.76 Å². The summed E-state index contributed by atoms with van der Waals surface area (Å²) in [6.45, 7) is 4.54. The van der Waals surface area contributed by atoms with Crippen molar-refractivity contribution in [3.05, 3.63) is 64.9 Å². The molecule has 0 spiro atoms. The lowest BCUT2D eigenvalue weighted by Gasteiger charge is -2.32. The Balaban J connectivity index is 1.59.